The Morgan fingerprint density at radius 3 is 0.538 bits per heavy atom. The van der Waals surface area contributed by atoms with E-state index >= 15 is 0 Å². The van der Waals surface area contributed by atoms with Crippen LogP contribution < -0.4 is 0 Å². The predicted octanol–water partition coefficient (Wildman–Crippen LogP) is 1.89. The molecule has 5 aliphatic rings. The molecule has 0 aromatic heterocycles. The maximum absolute atomic E-state index is 4.37. The van der Waals surface area contributed by atoms with Gasteiger partial charge in [0.1, 0.15) is 0 Å². The molecule has 5 rings (SSSR count). The molecule has 10 heteroatoms. The van der Waals surface area contributed by atoms with Crippen LogP contribution in [0.15, 0.2) is 88.5 Å². The SMILES string of the molecule is C1=CC2=NC3=NC(=NC4=NC(=NC5=NC(=NC1=N2)C=C5)C=C4)C=C3.Cl.[Pt]. The van der Waals surface area contributed by atoms with Crippen LogP contribution in [0.5, 0.6) is 0 Å². The van der Waals surface area contributed by atoms with Gasteiger partial charge in [0.2, 0.25) is 0 Å². The van der Waals surface area contributed by atoms with Gasteiger partial charge in [-0.2, -0.15) is 0 Å². The standard InChI is InChI=1S/C16H8N8.ClH.Pt/c1-2-10-17-9(1)21-11-3-4-13(18-11)23-15-7-8-16(20-15)24-14-6-5-12(19-14)22-10;;/h1-8H;1H;. The zero-order chi connectivity index (χ0) is 15.9. The zero-order valence-corrected chi connectivity index (χ0v) is 16.0. The summed E-state index contributed by atoms with van der Waals surface area (Å²) in [6.45, 7) is 0. The van der Waals surface area contributed by atoms with E-state index in [0.717, 1.165) is 0 Å². The maximum atomic E-state index is 4.37. The Balaban J connectivity index is 0.000000980. The summed E-state index contributed by atoms with van der Waals surface area (Å²) in [7, 11) is 0. The molecule has 26 heavy (non-hydrogen) atoms. The minimum absolute atomic E-state index is 0. The van der Waals surface area contributed by atoms with Gasteiger partial charge >= 0.3 is 0 Å². The molecule has 0 aromatic rings. The Morgan fingerprint density at radius 2 is 0.423 bits per heavy atom. The molecule has 8 nitrogen and oxygen atoms in total. The topological polar surface area (TPSA) is 98.9 Å². The van der Waals surface area contributed by atoms with Gasteiger partial charge in [-0.25, -0.2) is 39.9 Å². The van der Waals surface area contributed by atoms with Crippen molar-refractivity contribution in [2.75, 3.05) is 0 Å². The van der Waals surface area contributed by atoms with Gasteiger partial charge in [-0.1, -0.05) is 0 Å². The number of hydrogen-bond donors (Lipinski definition) is 0. The molecule has 130 valence electrons. The average molecular weight is 544 g/mol. The maximum Gasteiger partial charge on any atom is 0.156 e. The van der Waals surface area contributed by atoms with E-state index in [1.807, 2.05) is 0 Å². The van der Waals surface area contributed by atoms with Crippen molar-refractivity contribution in [3.63, 3.8) is 0 Å². The largest absolute Gasteiger partial charge is 0.209 e. The molecule has 0 aliphatic carbocycles. The minimum Gasteiger partial charge on any atom is -0.209 e. The summed E-state index contributed by atoms with van der Waals surface area (Å²) in [6, 6.07) is 0. The molecule has 0 spiro atoms. The summed E-state index contributed by atoms with van der Waals surface area (Å²) in [5.41, 5.74) is 0. The number of amidine groups is 8. The summed E-state index contributed by atoms with van der Waals surface area (Å²) >= 11 is 0. The van der Waals surface area contributed by atoms with Crippen LogP contribution in [0, 0.1) is 0 Å². The number of hydrogen-bond acceptors (Lipinski definition) is 8. The molecule has 5 aliphatic heterocycles. The van der Waals surface area contributed by atoms with E-state index in [2.05, 4.69) is 39.9 Å². The smallest absolute Gasteiger partial charge is 0.156 e. The molecular weight excluding hydrogens is 535 g/mol. The van der Waals surface area contributed by atoms with Crippen LogP contribution in [0.1, 0.15) is 0 Å². The number of fused-ring (bicyclic) bond motifs is 4. The van der Waals surface area contributed by atoms with Gasteiger partial charge in [0.05, 0.1) is 0 Å². The first-order valence-electron chi connectivity index (χ1n) is 7.22. The third-order valence-electron chi connectivity index (χ3n) is 3.36. The van der Waals surface area contributed by atoms with Crippen molar-refractivity contribution in [1.82, 2.24) is 0 Å². The second kappa shape index (κ2) is 7.27. The van der Waals surface area contributed by atoms with Crippen molar-refractivity contribution < 1.29 is 21.1 Å². The normalized spacial score (nSPS) is 20.9. The van der Waals surface area contributed by atoms with Crippen LogP contribution in [0.4, 0.5) is 0 Å². The second-order valence-corrected chi connectivity index (χ2v) is 5.09. The van der Waals surface area contributed by atoms with E-state index in [1.54, 1.807) is 48.6 Å². The van der Waals surface area contributed by atoms with Crippen molar-refractivity contribution in [3.8, 4) is 0 Å². The minimum atomic E-state index is 0. The first-order valence-corrected chi connectivity index (χ1v) is 7.22. The van der Waals surface area contributed by atoms with Gasteiger partial charge in [0, 0.05) is 21.1 Å². The van der Waals surface area contributed by atoms with E-state index < -0.39 is 0 Å². The van der Waals surface area contributed by atoms with Gasteiger partial charge in [-0.05, 0) is 48.6 Å². The second-order valence-electron chi connectivity index (χ2n) is 5.09. The number of rotatable bonds is 0. The number of halogens is 1. The molecular formula is C16H9ClN8Pt. The van der Waals surface area contributed by atoms with Crippen LogP contribution >= 0.6 is 12.4 Å². The van der Waals surface area contributed by atoms with Crippen LogP contribution in [0.3, 0.4) is 0 Å². The quantitative estimate of drug-likeness (QED) is 0.446. The van der Waals surface area contributed by atoms with Crippen LogP contribution in [0.2, 0.25) is 0 Å². The molecule has 8 bridgehead atoms. The predicted molar refractivity (Wildman–Crippen MR) is 103 cm³/mol. The molecule has 0 amide bonds. The molecule has 0 saturated heterocycles. The van der Waals surface area contributed by atoms with E-state index in [4.69, 9.17) is 0 Å². The fourth-order valence-electron chi connectivity index (χ4n) is 2.33. The van der Waals surface area contributed by atoms with Crippen molar-refractivity contribution in [2.24, 2.45) is 39.9 Å². The van der Waals surface area contributed by atoms with Crippen LogP contribution in [-0.2, 0) is 21.1 Å². The fraction of sp³-hybridized carbons (Fsp3) is 0. The first-order chi connectivity index (χ1) is 11.8. The third kappa shape index (κ3) is 3.61. The summed E-state index contributed by atoms with van der Waals surface area (Å²) < 4.78 is 0. The first kappa shape index (κ1) is 18.1. The van der Waals surface area contributed by atoms with Crippen LogP contribution in [0.25, 0.3) is 0 Å². The summed E-state index contributed by atoms with van der Waals surface area (Å²) in [5, 5.41) is 0. The van der Waals surface area contributed by atoms with Gasteiger partial charge in [0.15, 0.2) is 46.7 Å². The molecule has 0 N–H and O–H groups in total. The van der Waals surface area contributed by atoms with E-state index in [1.165, 1.54) is 0 Å². The Labute approximate surface area is 168 Å². The zero-order valence-electron chi connectivity index (χ0n) is 12.9. The molecule has 0 fully saturated rings. The van der Waals surface area contributed by atoms with Gasteiger partial charge < -0.3 is 0 Å². The molecule has 0 saturated carbocycles. The van der Waals surface area contributed by atoms with Crippen LogP contribution in [-0.4, -0.2) is 46.7 Å². The van der Waals surface area contributed by atoms with Crippen molar-refractivity contribution in [2.45, 2.75) is 0 Å². The summed E-state index contributed by atoms with van der Waals surface area (Å²) in [6.07, 6.45) is 14.2. The Bertz CT molecular complexity index is 860. The fourth-order valence-corrected chi connectivity index (χ4v) is 2.33. The van der Waals surface area contributed by atoms with Gasteiger partial charge in [-0.15, -0.1) is 12.4 Å². The average Bonchev–Trinajstić information content (AvgIpc) is 3.32. The summed E-state index contributed by atoms with van der Waals surface area (Å²) in [5.74, 6) is 4.30. The van der Waals surface area contributed by atoms with Crippen molar-refractivity contribution >= 4 is 59.1 Å². The van der Waals surface area contributed by atoms with Gasteiger partial charge in [-0.3, -0.25) is 0 Å². The monoisotopic (exact) mass is 543 g/mol. The molecule has 5 heterocycles. The molecule has 0 aromatic carbocycles. The van der Waals surface area contributed by atoms with Crippen molar-refractivity contribution in [1.29, 1.82) is 0 Å². The van der Waals surface area contributed by atoms with Crippen molar-refractivity contribution in [3.05, 3.63) is 48.6 Å². The van der Waals surface area contributed by atoms with E-state index in [-0.39, 0.29) is 33.5 Å². The third-order valence-corrected chi connectivity index (χ3v) is 3.36. The molecule has 0 radical (unpaired) electrons. The van der Waals surface area contributed by atoms with E-state index in [9.17, 15) is 0 Å². The Morgan fingerprint density at radius 1 is 0.308 bits per heavy atom. The molecule has 0 unspecified atom stereocenters. The van der Waals surface area contributed by atoms with Gasteiger partial charge in [0.25, 0.3) is 0 Å². The Kier molecular flexibility index (Phi) is 5.06. The Hall–Kier alpha value is -2.70. The van der Waals surface area contributed by atoms with E-state index in [0.29, 0.717) is 46.7 Å². The number of aliphatic imine (C=N–C) groups is 8. The molecule has 0 atom stereocenters. The summed E-state index contributed by atoms with van der Waals surface area (Å²) in [4.78, 5) is 34.8. The number of nitrogens with zero attached hydrogens (tertiary/aromatic N) is 8.